The van der Waals surface area contributed by atoms with Crippen LogP contribution in [0.5, 0.6) is 0 Å². The predicted octanol–water partition coefficient (Wildman–Crippen LogP) is 1.41. The molecule has 2 aliphatic rings. The number of nitrogens with one attached hydrogen (secondary N) is 1. The summed E-state index contributed by atoms with van der Waals surface area (Å²) in [4.78, 5) is 17.1. The third-order valence-corrected chi connectivity index (χ3v) is 5.78. The molecule has 1 atom stereocenters. The van der Waals surface area contributed by atoms with E-state index in [1.165, 1.54) is 12.8 Å². The van der Waals surface area contributed by atoms with Crippen molar-refractivity contribution in [2.45, 2.75) is 43.9 Å². The van der Waals surface area contributed by atoms with Gasteiger partial charge in [0, 0.05) is 24.4 Å². The summed E-state index contributed by atoms with van der Waals surface area (Å²) in [6, 6.07) is 0.406. The van der Waals surface area contributed by atoms with Crippen LogP contribution >= 0.6 is 11.8 Å². The molecule has 2 fully saturated rings. The molecule has 116 valence electrons. The lowest BCUT2D eigenvalue weighted by molar-refractivity contribution is -0.130. The van der Waals surface area contributed by atoms with Crippen molar-refractivity contribution in [3.63, 3.8) is 0 Å². The second kappa shape index (κ2) is 8.25. The Bertz CT molecular complexity index is 307. The first-order valence-corrected chi connectivity index (χ1v) is 9.06. The number of hydrogen-bond acceptors (Lipinski definition) is 4. The number of nitrogens with zero attached hydrogens (tertiary/aromatic N) is 2. The van der Waals surface area contributed by atoms with Crippen molar-refractivity contribution in [3.8, 4) is 0 Å². The fourth-order valence-corrected chi connectivity index (χ4v) is 4.27. The highest BCUT2D eigenvalue weighted by Crippen LogP contribution is 2.22. The Morgan fingerprint density at radius 2 is 2.05 bits per heavy atom. The maximum absolute atomic E-state index is 12.5. The highest BCUT2D eigenvalue weighted by atomic mass is 32.2. The van der Waals surface area contributed by atoms with E-state index in [-0.39, 0.29) is 0 Å². The second-order valence-electron chi connectivity index (χ2n) is 6.03. The van der Waals surface area contributed by atoms with Crippen LogP contribution in [0.4, 0.5) is 0 Å². The van der Waals surface area contributed by atoms with Gasteiger partial charge < -0.3 is 15.1 Å². The molecule has 1 unspecified atom stereocenters. The number of carbonyl (C=O) groups excluding carboxylic acids is 1. The number of thioether (sulfide) groups is 1. The third-order valence-electron chi connectivity index (χ3n) is 4.42. The van der Waals surface area contributed by atoms with Crippen molar-refractivity contribution >= 4 is 17.7 Å². The summed E-state index contributed by atoms with van der Waals surface area (Å²) in [5.41, 5.74) is 0. The minimum Gasteiger partial charge on any atom is -0.338 e. The van der Waals surface area contributed by atoms with Crippen molar-refractivity contribution < 1.29 is 4.79 Å². The average molecular weight is 299 g/mol. The molecule has 2 rings (SSSR count). The number of carbonyl (C=O) groups is 1. The Hall–Kier alpha value is -0.260. The van der Waals surface area contributed by atoms with Gasteiger partial charge in [-0.1, -0.05) is 6.92 Å². The van der Waals surface area contributed by atoms with Gasteiger partial charge in [-0.15, -0.1) is 11.8 Å². The molecule has 0 saturated carbocycles. The molecule has 0 radical (unpaired) electrons. The average Bonchev–Trinajstić information content (AvgIpc) is 2.67. The molecule has 4 nitrogen and oxygen atoms in total. The Balaban J connectivity index is 1.82. The Kier molecular flexibility index (Phi) is 6.65. The van der Waals surface area contributed by atoms with E-state index in [0.29, 0.717) is 23.0 Å². The van der Waals surface area contributed by atoms with Crippen molar-refractivity contribution in [2.24, 2.45) is 0 Å². The Morgan fingerprint density at radius 1 is 1.30 bits per heavy atom. The van der Waals surface area contributed by atoms with Gasteiger partial charge in [-0.25, -0.2) is 0 Å². The summed E-state index contributed by atoms with van der Waals surface area (Å²) in [5.74, 6) is 1.03. The first-order valence-electron chi connectivity index (χ1n) is 8.01. The van der Waals surface area contributed by atoms with Crippen molar-refractivity contribution in [1.29, 1.82) is 0 Å². The van der Waals surface area contributed by atoms with Crippen LogP contribution in [0.25, 0.3) is 0 Å². The molecule has 0 aromatic carbocycles. The van der Waals surface area contributed by atoms with E-state index in [9.17, 15) is 4.79 Å². The van der Waals surface area contributed by atoms with Crippen molar-refractivity contribution in [3.05, 3.63) is 0 Å². The maximum atomic E-state index is 12.5. The van der Waals surface area contributed by atoms with Crippen LogP contribution in [0.1, 0.15) is 32.6 Å². The van der Waals surface area contributed by atoms with Gasteiger partial charge in [0.05, 0.1) is 5.75 Å². The van der Waals surface area contributed by atoms with Crippen LogP contribution in [-0.4, -0.2) is 72.5 Å². The molecule has 2 heterocycles. The lowest BCUT2D eigenvalue weighted by Gasteiger charge is -2.31. The van der Waals surface area contributed by atoms with E-state index in [1.807, 2.05) is 11.8 Å². The van der Waals surface area contributed by atoms with Gasteiger partial charge in [-0.2, -0.15) is 0 Å². The van der Waals surface area contributed by atoms with E-state index >= 15 is 0 Å². The van der Waals surface area contributed by atoms with Gasteiger partial charge in [0.2, 0.25) is 5.91 Å². The zero-order valence-corrected chi connectivity index (χ0v) is 13.8. The number of piperidine rings is 1. The summed E-state index contributed by atoms with van der Waals surface area (Å²) in [7, 11) is 2.17. The van der Waals surface area contributed by atoms with Gasteiger partial charge in [0.25, 0.3) is 0 Å². The second-order valence-corrected chi connectivity index (χ2v) is 7.31. The van der Waals surface area contributed by atoms with E-state index in [1.54, 1.807) is 0 Å². The molecular formula is C15H29N3OS. The smallest absolute Gasteiger partial charge is 0.232 e. The molecule has 0 aliphatic carbocycles. The molecule has 20 heavy (non-hydrogen) atoms. The predicted molar refractivity (Wildman–Crippen MR) is 86.3 cm³/mol. The normalized spacial score (nSPS) is 26.5. The molecular weight excluding hydrogens is 270 g/mol. The molecule has 0 aromatic heterocycles. The monoisotopic (exact) mass is 299 g/mol. The van der Waals surface area contributed by atoms with Crippen LogP contribution in [-0.2, 0) is 4.79 Å². The number of hydrogen-bond donors (Lipinski definition) is 1. The van der Waals surface area contributed by atoms with E-state index in [2.05, 4.69) is 29.1 Å². The lowest BCUT2D eigenvalue weighted by atomic mass is 10.2. The number of likely N-dealkylation sites (N-methyl/N-ethyl adjacent to an activating group) is 1. The van der Waals surface area contributed by atoms with Crippen LogP contribution in [0.2, 0.25) is 0 Å². The van der Waals surface area contributed by atoms with E-state index < -0.39 is 0 Å². The van der Waals surface area contributed by atoms with Gasteiger partial charge >= 0.3 is 0 Å². The van der Waals surface area contributed by atoms with E-state index in [4.69, 9.17) is 0 Å². The molecule has 1 amide bonds. The fourth-order valence-electron chi connectivity index (χ4n) is 3.16. The molecule has 5 heteroatoms. The maximum Gasteiger partial charge on any atom is 0.232 e. The quantitative estimate of drug-likeness (QED) is 0.851. The summed E-state index contributed by atoms with van der Waals surface area (Å²) >= 11 is 1.87. The highest BCUT2D eigenvalue weighted by molar-refractivity contribution is 8.00. The van der Waals surface area contributed by atoms with Crippen LogP contribution in [0.15, 0.2) is 0 Å². The molecule has 1 N–H and O–H groups in total. The first kappa shape index (κ1) is 16.1. The number of rotatable bonds is 4. The van der Waals surface area contributed by atoms with Gasteiger partial charge in [-0.3, -0.25) is 4.79 Å². The van der Waals surface area contributed by atoms with E-state index in [0.717, 1.165) is 45.6 Å². The Morgan fingerprint density at radius 3 is 2.75 bits per heavy atom. The van der Waals surface area contributed by atoms with Crippen LogP contribution in [0, 0.1) is 0 Å². The molecule has 0 spiro atoms. The standard InChI is InChI=1S/C15H29N3OS/c1-3-13-11-17(2)9-4-10-18(13)15(19)12-20-14-5-7-16-8-6-14/h13-14,16H,3-12H2,1-2H3. The van der Waals surface area contributed by atoms with Gasteiger partial charge in [0.1, 0.15) is 0 Å². The van der Waals surface area contributed by atoms with Crippen molar-refractivity contribution in [2.75, 3.05) is 45.5 Å². The SMILES string of the molecule is CCC1CN(C)CCCN1C(=O)CSC1CCNCC1. The van der Waals surface area contributed by atoms with Crippen LogP contribution in [0.3, 0.4) is 0 Å². The Labute approximate surface area is 127 Å². The minimum absolute atomic E-state index is 0.357. The number of amides is 1. The minimum atomic E-state index is 0.357. The molecule has 0 bridgehead atoms. The molecule has 0 aromatic rings. The lowest BCUT2D eigenvalue weighted by Crippen LogP contribution is -2.44. The zero-order chi connectivity index (χ0) is 14.4. The molecule has 2 saturated heterocycles. The first-order chi connectivity index (χ1) is 9.70. The topological polar surface area (TPSA) is 35.6 Å². The molecule has 2 aliphatic heterocycles. The zero-order valence-electron chi connectivity index (χ0n) is 12.9. The highest BCUT2D eigenvalue weighted by Gasteiger charge is 2.26. The van der Waals surface area contributed by atoms with Crippen LogP contribution < -0.4 is 5.32 Å². The summed E-state index contributed by atoms with van der Waals surface area (Å²) < 4.78 is 0. The summed E-state index contributed by atoms with van der Waals surface area (Å²) in [6.45, 7) is 7.50. The third kappa shape index (κ3) is 4.64. The van der Waals surface area contributed by atoms with Gasteiger partial charge in [-0.05, 0) is 52.4 Å². The van der Waals surface area contributed by atoms with Gasteiger partial charge in [0.15, 0.2) is 0 Å². The summed E-state index contributed by atoms with van der Waals surface area (Å²) in [6.07, 6.45) is 4.58. The van der Waals surface area contributed by atoms with Crippen molar-refractivity contribution in [1.82, 2.24) is 15.1 Å². The largest absolute Gasteiger partial charge is 0.338 e. The fraction of sp³-hybridized carbons (Fsp3) is 0.933. The summed E-state index contributed by atoms with van der Waals surface area (Å²) in [5, 5.41) is 4.06.